The maximum atomic E-state index is 12.1. The number of ketones is 1. The second kappa shape index (κ2) is 3.97. The Labute approximate surface area is 107 Å². The van der Waals surface area contributed by atoms with Crippen LogP contribution in [0.1, 0.15) is 27.2 Å². The van der Waals surface area contributed by atoms with Gasteiger partial charge in [0.1, 0.15) is 0 Å². The van der Waals surface area contributed by atoms with Gasteiger partial charge in [0.25, 0.3) is 0 Å². The highest BCUT2D eigenvalue weighted by Gasteiger charge is 2.45. The first-order valence-corrected chi connectivity index (χ1v) is 6.08. The molecule has 18 heavy (non-hydrogen) atoms. The third-order valence-corrected chi connectivity index (χ3v) is 3.49. The zero-order valence-electron chi connectivity index (χ0n) is 11.3. The summed E-state index contributed by atoms with van der Waals surface area (Å²) in [5.41, 5.74) is -0.583. The quantitative estimate of drug-likeness (QED) is 0.710. The fourth-order valence-electron chi connectivity index (χ4n) is 2.50. The van der Waals surface area contributed by atoms with Crippen LogP contribution in [0.2, 0.25) is 0 Å². The third-order valence-electron chi connectivity index (χ3n) is 3.49. The maximum Gasteiger partial charge on any atom is 0.224 e. The van der Waals surface area contributed by atoms with E-state index in [0.29, 0.717) is 18.7 Å². The van der Waals surface area contributed by atoms with E-state index < -0.39 is 0 Å². The Morgan fingerprint density at radius 2 is 2.00 bits per heavy atom. The molecule has 1 amide bonds. The predicted molar refractivity (Wildman–Crippen MR) is 67.8 cm³/mol. The van der Waals surface area contributed by atoms with Gasteiger partial charge >= 0.3 is 0 Å². The number of carbonyl (C=O) groups excluding carboxylic acids is 2. The average molecular weight is 249 g/mol. The van der Waals surface area contributed by atoms with Gasteiger partial charge < -0.3 is 9.64 Å². The Hall–Kier alpha value is -1.58. The van der Waals surface area contributed by atoms with Crippen LogP contribution in [0.25, 0.3) is 0 Å². The van der Waals surface area contributed by atoms with Gasteiger partial charge in [-0.05, 0) is 32.9 Å². The van der Waals surface area contributed by atoms with E-state index in [9.17, 15) is 9.59 Å². The third kappa shape index (κ3) is 2.07. The number of allylic oxidation sites excluding steroid dienone is 1. The molecule has 1 fully saturated rings. The molecule has 0 N–H and O–H groups in total. The molecule has 1 atom stereocenters. The highest BCUT2D eigenvalue weighted by Crippen LogP contribution is 2.40. The van der Waals surface area contributed by atoms with Gasteiger partial charge in [-0.1, -0.05) is 6.08 Å². The molecule has 1 aliphatic heterocycles. The zero-order chi connectivity index (χ0) is 13.6. The normalized spacial score (nSPS) is 28.0. The molecule has 0 radical (unpaired) electrons. The fraction of sp³-hybridized carbons (Fsp3) is 0.571. The van der Waals surface area contributed by atoms with E-state index in [1.165, 1.54) is 13.2 Å². The van der Waals surface area contributed by atoms with Crippen LogP contribution in [0, 0.1) is 5.41 Å². The van der Waals surface area contributed by atoms with Crippen molar-refractivity contribution >= 4 is 11.7 Å². The van der Waals surface area contributed by atoms with Gasteiger partial charge in [-0.25, -0.2) is 0 Å². The van der Waals surface area contributed by atoms with Crippen LogP contribution in [-0.2, 0) is 14.3 Å². The number of methoxy groups -OCH3 is 1. The van der Waals surface area contributed by atoms with Crippen molar-refractivity contribution in [3.05, 3.63) is 24.0 Å². The number of amides is 1. The molecule has 0 saturated carbocycles. The molecule has 0 bridgehead atoms. The highest BCUT2D eigenvalue weighted by molar-refractivity contribution is 6.04. The smallest absolute Gasteiger partial charge is 0.224 e. The summed E-state index contributed by atoms with van der Waals surface area (Å²) in [4.78, 5) is 25.5. The number of hydrogen-bond donors (Lipinski definition) is 0. The second-order valence-electron chi connectivity index (χ2n) is 5.97. The van der Waals surface area contributed by atoms with Crippen molar-refractivity contribution in [2.24, 2.45) is 5.41 Å². The van der Waals surface area contributed by atoms with E-state index >= 15 is 0 Å². The van der Waals surface area contributed by atoms with Crippen molar-refractivity contribution in [1.82, 2.24) is 4.90 Å². The van der Waals surface area contributed by atoms with Crippen LogP contribution in [0.3, 0.4) is 0 Å². The lowest BCUT2D eigenvalue weighted by Gasteiger charge is -2.34. The van der Waals surface area contributed by atoms with E-state index in [1.807, 2.05) is 31.7 Å². The number of ether oxygens (including phenoxy) is 1. The molecular formula is C14H19NO3. The Morgan fingerprint density at radius 1 is 1.33 bits per heavy atom. The number of likely N-dealkylation sites (tertiary alicyclic amines) is 1. The van der Waals surface area contributed by atoms with E-state index in [4.69, 9.17) is 4.74 Å². The van der Waals surface area contributed by atoms with Crippen molar-refractivity contribution in [2.45, 2.75) is 32.7 Å². The SMILES string of the molecule is COC1=CC2(C=CC1=O)CC(=O)N(C(C)(C)C)C2. The second-order valence-corrected chi connectivity index (χ2v) is 5.97. The summed E-state index contributed by atoms with van der Waals surface area (Å²) in [6.45, 7) is 6.65. The summed E-state index contributed by atoms with van der Waals surface area (Å²) < 4.78 is 5.08. The largest absolute Gasteiger partial charge is 0.493 e. The van der Waals surface area contributed by atoms with E-state index in [0.717, 1.165) is 0 Å². The first kappa shape index (κ1) is 12.9. The standard InChI is InChI=1S/C14H19NO3/c1-13(2,3)15-9-14(8-12(15)17)6-5-10(16)11(7-14)18-4/h5-7H,8-9H2,1-4H3. The Morgan fingerprint density at radius 3 is 2.50 bits per heavy atom. The minimum absolute atomic E-state index is 0.119. The van der Waals surface area contributed by atoms with Crippen LogP contribution >= 0.6 is 0 Å². The number of rotatable bonds is 1. The highest BCUT2D eigenvalue weighted by atomic mass is 16.5. The molecule has 0 aromatic rings. The van der Waals surface area contributed by atoms with Gasteiger partial charge in [0.15, 0.2) is 5.76 Å². The van der Waals surface area contributed by atoms with Crippen molar-refractivity contribution in [1.29, 1.82) is 0 Å². The minimum atomic E-state index is -0.385. The summed E-state index contributed by atoms with van der Waals surface area (Å²) in [6.07, 6.45) is 5.54. The molecule has 1 heterocycles. The predicted octanol–water partition coefficient (Wildman–Crippen LogP) is 1.67. The summed E-state index contributed by atoms with van der Waals surface area (Å²) in [7, 11) is 1.48. The van der Waals surface area contributed by atoms with E-state index in [1.54, 1.807) is 6.08 Å². The summed E-state index contributed by atoms with van der Waals surface area (Å²) in [5, 5.41) is 0. The molecule has 2 aliphatic rings. The van der Waals surface area contributed by atoms with Crippen LogP contribution in [0.15, 0.2) is 24.0 Å². The van der Waals surface area contributed by atoms with Gasteiger partial charge in [0, 0.05) is 23.9 Å². The van der Waals surface area contributed by atoms with Crippen molar-refractivity contribution in [3.8, 4) is 0 Å². The molecule has 1 saturated heterocycles. The molecule has 1 unspecified atom stereocenters. The molecule has 1 aliphatic carbocycles. The number of nitrogens with zero attached hydrogens (tertiary/aromatic N) is 1. The van der Waals surface area contributed by atoms with Crippen LogP contribution in [-0.4, -0.2) is 35.8 Å². The average Bonchev–Trinajstić information content (AvgIpc) is 2.59. The van der Waals surface area contributed by atoms with Gasteiger partial charge in [0.2, 0.25) is 11.7 Å². The summed E-state index contributed by atoms with van der Waals surface area (Å²) in [6, 6.07) is 0. The topological polar surface area (TPSA) is 46.6 Å². The first-order valence-electron chi connectivity index (χ1n) is 6.08. The first-order chi connectivity index (χ1) is 8.27. The molecule has 4 heteroatoms. The molecule has 0 aromatic carbocycles. The van der Waals surface area contributed by atoms with Crippen LogP contribution in [0.5, 0.6) is 0 Å². The van der Waals surface area contributed by atoms with Crippen LogP contribution < -0.4 is 0 Å². The molecule has 2 rings (SSSR count). The Bertz CT molecular complexity index is 456. The van der Waals surface area contributed by atoms with Crippen LogP contribution in [0.4, 0.5) is 0 Å². The van der Waals surface area contributed by atoms with Crippen molar-refractivity contribution in [3.63, 3.8) is 0 Å². The lowest BCUT2D eigenvalue weighted by atomic mass is 9.82. The molecule has 4 nitrogen and oxygen atoms in total. The van der Waals surface area contributed by atoms with Gasteiger partial charge in [-0.3, -0.25) is 9.59 Å². The zero-order valence-corrected chi connectivity index (χ0v) is 11.3. The summed E-state index contributed by atoms with van der Waals surface area (Å²) >= 11 is 0. The van der Waals surface area contributed by atoms with Gasteiger partial charge in [-0.15, -0.1) is 0 Å². The Kier molecular flexibility index (Phi) is 2.84. The summed E-state index contributed by atoms with van der Waals surface area (Å²) in [5.74, 6) is 0.319. The maximum absolute atomic E-state index is 12.1. The van der Waals surface area contributed by atoms with E-state index in [-0.39, 0.29) is 22.6 Å². The van der Waals surface area contributed by atoms with Gasteiger partial charge in [0.05, 0.1) is 7.11 Å². The fourth-order valence-corrected chi connectivity index (χ4v) is 2.50. The van der Waals surface area contributed by atoms with E-state index in [2.05, 4.69) is 0 Å². The lowest BCUT2D eigenvalue weighted by molar-refractivity contribution is -0.131. The Balaban J connectivity index is 2.31. The van der Waals surface area contributed by atoms with Crippen molar-refractivity contribution < 1.29 is 14.3 Å². The number of carbonyl (C=O) groups is 2. The monoisotopic (exact) mass is 249 g/mol. The van der Waals surface area contributed by atoms with Gasteiger partial charge in [-0.2, -0.15) is 0 Å². The minimum Gasteiger partial charge on any atom is -0.493 e. The van der Waals surface area contributed by atoms with Crippen molar-refractivity contribution in [2.75, 3.05) is 13.7 Å². The molecule has 0 aromatic heterocycles. The molecule has 1 spiro atoms. The lowest BCUT2D eigenvalue weighted by Crippen LogP contribution is -2.43. The number of hydrogen-bond acceptors (Lipinski definition) is 3. The molecule has 98 valence electrons. The molecular weight excluding hydrogens is 230 g/mol.